The van der Waals surface area contributed by atoms with Gasteiger partial charge in [-0.05, 0) is 38.6 Å². The fraction of sp³-hybridized carbons (Fsp3) is 0.818. The number of hydrogen-bond acceptors (Lipinski definition) is 5. The molecule has 0 radical (unpaired) electrons. The summed E-state index contributed by atoms with van der Waals surface area (Å²) in [6.07, 6.45) is 3.74. The molecule has 2 aliphatic rings. The van der Waals surface area contributed by atoms with Gasteiger partial charge in [-0.3, -0.25) is 0 Å². The van der Waals surface area contributed by atoms with Crippen LogP contribution in [-0.2, 0) is 0 Å². The van der Waals surface area contributed by atoms with Crippen LogP contribution in [0.1, 0.15) is 37.9 Å². The van der Waals surface area contributed by atoms with E-state index in [4.69, 9.17) is 5.73 Å². The van der Waals surface area contributed by atoms with Crippen LogP contribution >= 0.6 is 11.5 Å². The van der Waals surface area contributed by atoms with Crippen LogP contribution in [0.2, 0.25) is 0 Å². The Labute approximate surface area is 100 Å². The summed E-state index contributed by atoms with van der Waals surface area (Å²) in [5.74, 6) is 2.36. The van der Waals surface area contributed by atoms with Crippen LogP contribution < -0.4 is 10.6 Å². The Morgan fingerprint density at radius 2 is 2.31 bits per heavy atom. The molecule has 0 aromatic carbocycles. The molecule has 1 aliphatic heterocycles. The van der Waals surface area contributed by atoms with Gasteiger partial charge in [0.25, 0.3) is 0 Å². The molecule has 2 atom stereocenters. The maximum atomic E-state index is 5.74. The molecule has 1 aliphatic carbocycles. The van der Waals surface area contributed by atoms with Gasteiger partial charge in [0.2, 0.25) is 5.13 Å². The number of aromatic nitrogens is 2. The lowest BCUT2D eigenvalue weighted by atomic mass is 10.1. The highest BCUT2D eigenvalue weighted by atomic mass is 32.1. The highest BCUT2D eigenvalue weighted by Crippen LogP contribution is 2.40. The molecule has 0 amide bonds. The summed E-state index contributed by atoms with van der Waals surface area (Å²) in [4.78, 5) is 7.04. The van der Waals surface area contributed by atoms with Crippen LogP contribution in [0.5, 0.6) is 0 Å². The first-order valence-electron chi connectivity index (χ1n) is 6.08. The smallest absolute Gasteiger partial charge is 0.205 e. The van der Waals surface area contributed by atoms with Gasteiger partial charge in [0.1, 0.15) is 5.82 Å². The number of hydrogen-bond donors (Lipinski definition) is 1. The fourth-order valence-corrected chi connectivity index (χ4v) is 3.29. The number of nitrogens with zero attached hydrogens (tertiary/aromatic N) is 3. The monoisotopic (exact) mass is 238 g/mol. The van der Waals surface area contributed by atoms with Crippen LogP contribution in [0.25, 0.3) is 0 Å². The van der Waals surface area contributed by atoms with Crippen molar-refractivity contribution in [1.82, 2.24) is 9.36 Å². The molecule has 1 saturated carbocycles. The lowest BCUT2D eigenvalue weighted by molar-refractivity contribution is 0.579. The molecule has 4 nitrogen and oxygen atoms in total. The van der Waals surface area contributed by atoms with Gasteiger partial charge in [-0.1, -0.05) is 0 Å². The third kappa shape index (κ3) is 1.82. The van der Waals surface area contributed by atoms with E-state index in [1.54, 1.807) is 11.5 Å². The molecule has 88 valence electrons. The van der Waals surface area contributed by atoms with Crippen LogP contribution in [-0.4, -0.2) is 28.5 Å². The molecular weight excluding hydrogens is 220 g/mol. The first kappa shape index (κ1) is 10.5. The maximum absolute atomic E-state index is 5.74. The van der Waals surface area contributed by atoms with Gasteiger partial charge in [-0.15, -0.1) is 0 Å². The van der Waals surface area contributed by atoms with E-state index in [-0.39, 0.29) is 0 Å². The quantitative estimate of drug-likeness (QED) is 0.869. The van der Waals surface area contributed by atoms with Crippen molar-refractivity contribution in [2.24, 2.45) is 11.7 Å². The summed E-state index contributed by atoms with van der Waals surface area (Å²) in [7, 11) is 0. The molecule has 2 N–H and O–H groups in total. The predicted molar refractivity (Wildman–Crippen MR) is 65.9 cm³/mol. The summed E-state index contributed by atoms with van der Waals surface area (Å²) >= 11 is 1.56. The van der Waals surface area contributed by atoms with Gasteiger partial charge in [0.05, 0.1) is 0 Å². The van der Waals surface area contributed by atoms with Crippen molar-refractivity contribution >= 4 is 16.7 Å². The molecule has 1 aromatic heterocycles. The molecule has 16 heavy (non-hydrogen) atoms. The van der Waals surface area contributed by atoms with Gasteiger partial charge < -0.3 is 10.6 Å². The van der Waals surface area contributed by atoms with Gasteiger partial charge in [-0.2, -0.15) is 4.37 Å². The highest BCUT2D eigenvalue weighted by Gasteiger charge is 2.33. The van der Waals surface area contributed by atoms with Gasteiger partial charge in [0.15, 0.2) is 0 Å². The van der Waals surface area contributed by atoms with E-state index in [9.17, 15) is 0 Å². The third-order valence-corrected chi connectivity index (χ3v) is 4.38. The SMILES string of the molecule is CC1CC(CN)CN1c1nc(C2CC2)ns1. The zero-order valence-electron chi connectivity index (χ0n) is 9.59. The first-order valence-corrected chi connectivity index (χ1v) is 6.85. The van der Waals surface area contributed by atoms with Crippen molar-refractivity contribution < 1.29 is 0 Å². The minimum Gasteiger partial charge on any atom is -0.344 e. The van der Waals surface area contributed by atoms with Crippen molar-refractivity contribution in [1.29, 1.82) is 0 Å². The lowest BCUT2D eigenvalue weighted by Crippen LogP contribution is -2.27. The minimum atomic E-state index is 0.563. The molecule has 5 heteroatoms. The molecular formula is C11H18N4S. The van der Waals surface area contributed by atoms with Crippen molar-refractivity contribution in [3.63, 3.8) is 0 Å². The summed E-state index contributed by atoms with van der Waals surface area (Å²) in [5, 5.41) is 1.10. The topological polar surface area (TPSA) is 55.0 Å². The summed E-state index contributed by atoms with van der Waals surface area (Å²) in [6.45, 7) is 4.10. The van der Waals surface area contributed by atoms with Crippen LogP contribution in [0.3, 0.4) is 0 Å². The average molecular weight is 238 g/mol. The Bertz CT molecular complexity index is 374. The van der Waals surface area contributed by atoms with Gasteiger partial charge in [-0.25, -0.2) is 4.98 Å². The van der Waals surface area contributed by atoms with Crippen molar-refractivity contribution in [2.75, 3.05) is 18.0 Å². The summed E-state index contributed by atoms with van der Waals surface area (Å²) in [6, 6.07) is 0.563. The average Bonchev–Trinajstić information content (AvgIpc) is 2.89. The Morgan fingerprint density at radius 1 is 1.50 bits per heavy atom. The van der Waals surface area contributed by atoms with Crippen molar-refractivity contribution in [2.45, 2.75) is 38.1 Å². The zero-order chi connectivity index (χ0) is 11.1. The van der Waals surface area contributed by atoms with E-state index in [0.29, 0.717) is 17.9 Å². The lowest BCUT2D eigenvalue weighted by Gasteiger charge is -2.19. The Balaban J connectivity index is 1.75. The minimum absolute atomic E-state index is 0.563. The van der Waals surface area contributed by atoms with E-state index >= 15 is 0 Å². The van der Waals surface area contributed by atoms with Crippen LogP contribution in [0.15, 0.2) is 0 Å². The van der Waals surface area contributed by atoms with Crippen LogP contribution in [0, 0.1) is 5.92 Å². The summed E-state index contributed by atoms with van der Waals surface area (Å²) in [5.41, 5.74) is 5.74. The van der Waals surface area contributed by atoms with Gasteiger partial charge in [0, 0.05) is 30.0 Å². The Hall–Kier alpha value is -0.680. The number of rotatable bonds is 3. The van der Waals surface area contributed by atoms with Crippen LogP contribution in [0.4, 0.5) is 5.13 Å². The second kappa shape index (κ2) is 3.96. The summed E-state index contributed by atoms with van der Waals surface area (Å²) < 4.78 is 4.47. The molecule has 2 heterocycles. The molecule has 3 rings (SSSR count). The molecule has 2 fully saturated rings. The van der Waals surface area contributed by atoms with E-state index in [1.807, 2.05) is 0 Å². The van der Waals surface area contributed by atoms with E-state index in [2.05, 4.69) is 21.2 Å². The predicted octanol–water partition coefficient (Wildman–Crippen LogP) is 1.59. The second-order valence-electron chi connectivity index (χ2n) is 5.05. The second-order valence-corrected chi connectivity index (χ2v) is 5.78. The fourth-order valence-electron chi connectivity index (χ4n) is 2.43. The molecule has 1 aromatic rings. The first-order chi connectivity index (χ1) is 7.78. The number of anilines is 1. The van der Waals surface area contributed by atoms with Crippen molar-refractivity contribution in [3.8, 4) is 0 Å². The standard InChI is InChI=1S/C11H18N4S/c1-7-4-8(5-12)6-15(7)11-13-10(14-16-11)9-2-3-9/h7-9H,2-6,12H2,1H3. The Morgan fingerprint density at radius 3 is 2.94 bits per heavy atom. The molecule has 2 unspecified atom stereocenters. The molecule has 0 bridgehead atoms. The largest absolute Gasteiger partial charge is 0.344 e. The van der Waals surface area contributed by atoms with E-state index in [0.717, 1.165) is 24.0 Å². The highest BCUT2D eigenvalue weighted by molar-refractivity contribution is 7.09. The Kier molecular flexibility index (Phi) is 2.59. The van der Waals surface area contributed by atoms with Gasteiger partial charge >= 0.3 is 0 Å². The normalized spacial score (nSPS) is 30.0. The van der Waals surface area contributed by atoms with E-state index in [1.165, 1.54) is 19.3 Å². The van der Waals surface area contributed by atoms with E-state index < -0.39 is 0 Å². The molecule has 1 saturated heterocycles. The maximum Gasteiger partial charge on any atom is 0.205 e. The van der Waals surface area contributed by atoms with Crippen molar-refractivity contribution in [3.05, 3.63) is 5.82 Å². The number of nitrogens with two attached hydrogens (primary N) is 1. The zero-order valence-corrected chi connectivity index (χ0v) is 10.4. The third-order valence-electron chi connectivity index (χ3n) is 3.61. The molecule has 0 spiro atoms.